The van der Waals surface area contributed by atoms with E-state index in [1.54, 1.807) is 7.05 Å². The molecule has 1 aliphatic carbocycles. The third-order valence-electron chi connectivity index (χ3n) is 4.01. The molecule has 0 unspecified atom stereocenters. The zero-order valence-corrected chi connectivity index (χ0v) is 12.3. The number of hydrogen-bond acceptors (Lipinski definition) is 3. The molecular weight excluding hydrogens is 266 g/mol. The smallest absolute Gasteiger partial charge is 0.254 e. The predicted octanol–water partition coefficient (Wildman–Crippen LogP) is 0.683. The van der Waals surface area contributed by atoms with Crippen LogP contribution in [-0.2, 0) is 17.8 Å². The summed E-state index contributed by atoms with van der Waals surface area (Å²) in [6.07, 6.45) is 3.12. The molecule has 0 atom stereocenters. The van der Waals surface area contributed by atoms with Gasteiger partial charge in [-0.15, -0.1) is 0 Å². The molecule has 1 saturated carbocycles. The van der Waals surface area contributed by atoms with Crippen molar-refractivity contribution in [2.24, 2.45) is 0 Å². The average Bonchev–Trinajstić information content (AvgIpc) is 3.29. The molecule has 0 saturated heterocycles. The molecule has 2 amide bonds. The summed E-state index contributed by atoms with van der Waals surface area (Å²) >= 11 is 0. The molecule has 0 aromatic heterocycles. The molecule has 21 heavy (non-hydrogen) atoms. The van der Waals surface area contributed by atoms with Gasteiger partial charge in [0.2, 0.25) is 5.91 Å². The van der Waals surface area contributed by atoms with Crippen LogP contribution in [0.3, 0.4) is 0 Å². The lowest BCUT2D eigenvalue weighted by molar-refractivity contribution is -0.121. The molecule has 2 N–H and O–H groups in total. The van der Waals surface area contributed by atoms with Crippen molar-refractivity contribution in [3.8, 4) is 0 Å². The summed E-state index contributed by atoms with van der Waals surface area (Å²) in [7, 11) is 1.67. The summed E-state index contributed by atoms with van der Waals surface area (Å²) in [5.74, 6) is -0.178. The van der Waals surface area contributed by atoms with Crippen molar-refractivity contribution in [3.63, 3.8) is 0 Å². The van der Waals surface area contributed by atoms with E-state index in [9.17, 15) is 9.59 Å². The van der Waals surface area contributed by atoms with Gasteiger partial charge in [-0.1, -0.05) is 6.07 Å². The van der Waals surface area contributed by atoms with Crippen LogP contribution >= 0.6 is 0 Å². The first-order valence-electron chi connectivity index (χ1n) is 7.51. The molecule has 1 aliphatic heterocycles. The molecule has 0 radical (unpaired) electrons. The summed E-state index contributed by atoms with van der Waals surface area (Å²) in [6.45, 7) is 1.91. The SMILES string of the molecule is CN(CC(=O)NC1CC1)C(=O)c1ccc2c(c1)CNCC2. The van der Waals surface area contributed by atoms with Gasteiger partial charge in [-0.2, -0.15) is 0 Å². The normalized spacial score (nSPS) is 17.0. The number of fused-ring (bicyclic) bond motifs is 1. The molecule has 1 aromatic rings. The minimum atomic E-state index is -0.102. The van der Waals surface area contributed by atoms with Crippen molar-refractivity contribution in [1.82, 2.24) is 15.5 Å². The Kier molecular flexibility index (Phi) is 3.92. The number of nitrogens with zero attached hydrogens (tertiary/aromatic N) is 1. The maximum atomic E-state index is 12.4. The third kappa shape index (κ3) is 3.42. The number of nitrogens with one attached hydrogen (secondary N) is 2. The van der Waals surface area contributed by atoms with Gasteiger partial charge < -0.3 is 15.5 Å². The van der Waals surface area contributed by atoms with Crippen LogP contribution in [0.15, 0.2) is 18.2 Å². The highest BCUT2D eigenvalue weighted by Gasteiger charge is 2.24. The Balaban J connectivity index is 1.64. The van der Waals surface area contributed by atoms with E-state index in [1.165, 1.54) is 16.0 Å². The van der Waals surface area contributed by atoms with Crippen LogP contribution in [0.1, 0.15) is 34.3 Å². The monoisotopic (exact) mass is 287 g/mol. The molecule has 0 spiro atoms. The van der Waals surface area contributed by atoms with Crippen molar-refractivity contribution < 1.29 is 9.59 Å². The van der Waals surface area contributed by atoms with E-state index < -0.39 is 0 Å². The van der Waals surface area contributed by atoms with Gasteiger partial charge in [0.1, 0.15) is 0 Å². The Morgan fingerprint density at radius 1 is 1.33 bits per heavy atom. The zero-order chi connectivity index (χ0) is 14.8. The fourth-order valence-electron chi connectivity index (χ4n) is 2.62. The average molecular weight is 287 g/mol. The van der Waals surface area contributed by atoms with E-state index in [4.69, 9.17) is 0 Å². The van der Waals surface area contributed by atoms with E-state index in [1.807, 2.05) is 18.2 Å². The zero-order valence-electron chi connectivity index (χ0n) is 12.3. The van der Waals surface area contributed by atoms with Crippen molar-refractivity contribution in [2.75, 3.05) is 20.1 Å². The first kappa shape index (κ1) is 14.1. The first-order valence-corrected chi connectivity index (χ1v) is 7.51. The number of benzene rings is 1. The lowest BCUT2D eigenvalue weighted by atomic mass is 9.98. The van der Waals surface area contributed by atoms with Gasteiger partial charge in [0.05, 0.1) is 6.54 Å². The van der Waals surface area contributed by atoms with Crippen LogP contribution in [-0.4, -0.2) is 42.9 Å². The Hall–Kier alpha value is -1.88. The lowest BCUT2D eigenvalue weighted by Crippen LogP contribution is -2.39. The maximum absolute atomic E-state index is 12.4. The number of rotatable bonds is 4. The van der Waals surface area contributed by atoms with Gasteiger partial charge in [0.25, 0.3) is 5.91 Å². The van der Waals surface area contributed by atoms with E-state index in [0.29, 0.717) is 11.6 Å². The summed E-state index contributed by atoms with van der Waals surface area (Å²) in [6, 6.07) is 6.17. The van der Waals surface area contributed by atoms with Crippen LogP contribution in [0.5, 0.6) is 0 Å². The molecule has 3 rings (SSSR count). The second-order valence-corrected chi connectivity index (χ2v) is 5.91. The largest absolute Gasteiger partial charge is 0.352 e. The molecule has 5 nitrogen and oxygen atoms in total. The van der Waals surface area contributed by atoms with Crippen molar-refractivity contribution in [2.45, 2.75) is 31.8 Å². The summed E-state index contributed by atoms with van der Waals surface area (Å²) in [5, 5.41) is 6.21. The van der Waals surface area contributed by atoms with Crippen LogP contribution in [0.4, 0.5) is 0 Å². The number of carbonyl (C=O) groups excluding carboxylic acids is 2. The standard InChI is InChI=1S/C16H21N3O2/c1-19(10-15(20)18-14-4-5-14)16(21)12-3-2-11-6-7-17-9-13(11)8-12/h2-3,8,14,17H,4-7,9-10H2,1H3,(H,18,20). The molecule has 0 bridgehead atoms. The summed E-state index contributed by atoms with van der Waals surface area (Å²) in [5.41, 5.74) is 3.14. The number of amides is 2. The van der Waals surface area contributed by atoms with Gasteiger partial charge in [-0.05, 0) is 49.1 Å². The van der Waals surface area contributed by atoms with E-state index >= 15 is 0 Å². The van der Waals surface area contributed by atoms with Gasteiger partial charge in [0.15, 0.2) is 0 Å². The fourth-order valence-corrected chi connectivity index (χ4v) is 2.62. The van der Waals surface area contributed by atoms with Gasteiger partial charge in [-0.25, -0.2) is 0 Å². The molecule has 1 aromatic carbocycles. The molecular formula is C16H21N3O2. The van der Waals surface area contributed by atoms with E-state index in [2.05, 4.69) is 10.6 Å². The second-order valence-electron chi connectivity index (χ2n) is 5.91. The van der Waals surface area contributed by atoms with E-state index in [0.717, 1.165) is 32.4 Å². The van der Waals surface area contributed by atoms with Crippen molar-refractivity contribution >= 4 is 11.8 Å². The highest BCUT2D eigenvalue weighted by Crippen LogP contribution is 2.19. The quantitative estimate of drug-likeness (QED) is 0.856. The molecule has 5 heteroatoms. The van der Waals surface area contributed by atoms with Crippen LogP contribution in [0, 0.1) is 0 Å². The predicted molar refractivity (Wildman–Crippen MR) is 80.0 cm³/mol. The highest BCUT2D eigenvalue weighted by molar-refractivity contribution is 5.96. The summed E-state index contributed by atoms with van der Waals surface area (Å²) < 4.78 is 0. The van der Waals surface area contributed by atoms with E-state index in [-0.39, 0.29) is 18.4 Å². The minimum absolute atomic E-state index is 0.0759. The fraction of sp³-hybridized carbons (Fsp3) is 0.500. The Morgan fingerprint density at radius 2 is 2.14 bits per heavy atom. The van der Waals surface area contributed by atoms with Crippen molar-refractivity contribution in [3.05, 3.63) is 34.9 Å². The number of hydrogen-bond donors (Lipinski definition) is 2. The lowest BCUT2D eigenvalue weighted by Gasteiger charge is -2.20. The van der Waals surface area contributed by atoms with Crippen LogP contribution in [0.2, 0.25) is 0 Å². The topological polar surface area (TPSA) is 61.4 Å². The van der Waals surface area contributed by atoms with Gasteiger partial charge >= 0.3 is 0 Å². The number of likely N-dealkylation sites (N-methyl/N-ethyl adjacent to an activating group) is 1. The molecule has 1 fully saturated rings. The maximum Gasteiger partial charge on any atom is 0.254 e. The third-order valence-corrected chi connectivity index (χ3v) is 4.01. The first-order chi connectivity index (χ1) is 10.1. The minimum Gasteiger partial charge on any atom is -0.352 e. The second kappa shape index (κ2) is 5.85. The van der Waals surface area contributed by atoms with Gasteiger partial charge in [-0.3, -0.25) is 9.59 Å². The van der Waals surface area contributed by atoms with Gasteiger partial charge in [0, 0.05) is 25.2 Å². The van der Waals surface area contributed by atoms with Crippen LogP contribution in [0.25, 0.3) is 0 Å². The highest BCUT2D eigenvalue weighted by atomic mass is 16.2. The Morgan fingerprint density at radius 3 is 2.90 bits per heavy atom. The number of carbonyl (C=O) groups is 2. The molecule has 112 valence electrons. The van der Waals surface area contributed by atoms with Crippen molar-refractivity contribution in [1.29, 1.82) is 0 Å². The Labute approximate surface area is 124 Å². The summed E-state index contributed by atoms with van der Waals surface area (Å²) in [4.78, 5) is 25.6. The van der Waals surface area contributed by atoms with Crippen LogP contribution < -0.4 is 10.6 Å². The molecule has 2 aliphatic rings. The molecule has 1 heterocycles. The Bertz CT molecular complexity index is 567.